The van der Waals surface area contributed by atoms with Gasteiger partial charge in [-0.3, -0.25) is 4.79 Å². The molecule has 2 aromatic carbocycles. The number of carbonyl (C=O) groups is 1. The van der Waals surface area contributed by atoms with Crippen molar-refractivity contribution in [3.8, 4) is 11.4 Å². The molecule has 0 aliphatic heterocycles. The number of rotatable bonds is 6. The summed E-state index contributed by atoms with van der Waals surface area (Å²) in [6.07, 6.45) is 0. The number of nitrogen functional groups attached to an aromatic ring is 1. The monoisotopic (exact) mass is 421 g/mol. The van der Waals surface area contributed by atoms with Crippen LogP contribution in [0, 0.1) is 0 Å². The van der Waals surface area contributed by atoms with E-state index in [9.17, 15) is 4.79 Å². The maximum atomic E-state index is 12.4. The van der Waals surface area contributed by atoms with E-state index >= 15 is 0 Å². The van der Waals surface area contributed by atoms with Gasteiger partial charge in [-0.05, 0) is 42.8 Å². The highest BCUT2D eigenvalue weighted by Crippen LogP contribution is 2.25. The van der Waals surface area contributed by atoms with Gasteiger partial charge in [0.15, 0.2) is 5.82 Å². The van der Waals surface area contributed by atoms with Crippen molar-refractivity contribution in [1.29, 1.82) is 0 Å². The summed E-state index contributed by atoms with van der Waals surface area (Å²) < 4.78 is 1.37. The van der Waals surface area contributed by atoms with Crippen LogP contribution >= 0.6 is 35.0 Å². The minimum absolute atomic E-state index is 0.143. The summed E-state index contributed by atoms with van der Waals surface area (Å²) in [5.74, 6) is 6.45. The average molecular weight is 422 g/mol. The first-order chi connectivity index (χ1) is 13.0. The predicted octanol–water partition coefficient (Wildman–Crippen LogP) is 3.76. The molecule has 0 bridgehead atoms. The van der Waals surface area contributed by atoms with Crippen LogP contribution < -0.4 is 11.2 Å². The van der Waals surface area contributed by atoms with Crippen molar-refractivity contribution in [1.82, 2.24) is 20.2 Å². The van der Waals surface area contributed by atoms with Crippen LogP contribution in [0.1, 0.15) is 12.5 Å². The maximum Gasteiger partial charge on any atom is 0.233 e. The van der Waals surface area contributed by atoms with Crippen molar-refractivity contribution < 1.29 is 4.79 Å². The third kappa shape index (κ3) is 4.74. The van der Waals surface area contributed by atoms with Crippen LogP contribution in [0.25, 0.3) is 11.4 Å². The number of hydrogen-bond acceptors (Lipinski definition) is 5. The lowest BCUT2D eigenvalue weighted by Gasteiger charge is -2.12. The molecule has 0 saturated carbocycles. The lowest BCUT2D eigenvalue weighted by atomic mass is 10.2. The van der Waals surface area contributed by atoms with Crippen molar-refractivity contribution in [2.24, 2.45) is 0 Å². The summed E-state index contributed by atoms with van der Waals surface area (Å²) in [6.45, 7) is 2.14. The van der Waals surface area contributed by atoms with Gasteiger partial charge >= 0.3 is 0 Å². The fraction of sp³-hybridized carbons (Fsp3) is 0.167. The third-order valence-electron chi connectivity index (χ3n) is 3.83. The molecule has 0 saturated heterocycles. The van der Waals surface area contributed by atoms with Crippen LogP contribution in [0.15, 0.2) is 53.7 Å². The molecule has 1 unspecified atom stereocenters. The Hall–Kier alpha value is -2.22. The van der Waals surface area contributed by atoms with Gasteiger partial charge in [-0.1, -0.05) is 53.2 Å². The molecule has 9 heteroatoms. The number of amides is 1. The van der Waals surface area contributed by atoms with E-state index in [1.807, 2.05) is 30.3 Å². The molecule has 6 nitrogen and oxygen atoms in total. The molecule has 3 rings (SSSR count). The van der Waals surface area contributed by atoms with E-state index in [4.69, 9.17) is 29.0 Å². The third-order valence-corrected chi connectivity index (χ3v) is 5.51. The summed E-state index contributed by atoms with van der Waals surface area (Å²) in [4.78, 5) is 12.4. The molecule has 140 valence electrons. The number of halogens is 2. The molecule has 0 spiro atoms. The van der Waals surface area contributed by atoms with Crippen LogP contribution in [-0.4, -0.2) is 26.0 Å². The molecular weight excluding hydrogens is 405 g/mol. The molecule has 1 amide bonds. The Kier molecular flexibility index (Phi) is 6.26. The number of aromatic nitrogens is 3. The average Bonchev–Trinajstić information content (AvgIpc) is 3.02. The molecule has 1 heterocycles. The minimum atomic E-state index is -0.406. The molecule has 1 atom stereocenters. The zero-order chi connectivity index (χ0) is 19.4. The van der Waals surface area contributed by atoms with Crippen molar-refractivity contribution in [3.63, 3.8) is 0 Å². The van der Waals surface area contributed by atoms with Crippen LogP contribution in [-0.2, 0) is 11.3 Å². The van der Waals surface area contributed by atoms with E-state index in [1.54, 1.807) is 25.1 Å². The summed E-state index contributed by atoms with van der Waals surface area (Å²) in [5.41, 5.74) is 1.65. The van der Waals surface area contributed by atoms with Gasteiger partial charge in [-0.15, -0.1) is 10.2 Å². The molecule has 0 fully saturated rings. The van der Waals surface area contributed by atoms with Gasteiger partial charge in [0.05, 0.1) is 5.25 Å². The first kappa shape index (κ1) is 19.5. The molecule has 3 N–H and O–H groups in total. The fourth-order valence-electron chi connectivity index (χ4n) is 2.33. The number of benzene rings is 2. The fourth-order valence-corrected chi connectivity index (χ4v) is 3.46. The van der Waals surface area contributed by atoms with Gasteiger partial charge < -0.3 is 11.2 Å². The normalized spacial score (nSPS) is 12.0. The van der Waals surface area contributed by atoms with Gasteiger partial charge in [0, 0.05) is 22.2 Å². The zero-order valence-corrected chi connectivity index (χ0v) is 16.7. The van der Waals surface area contributed by atoms with E-state index in [0.29, 0.717) is 27.6 Å². The molecule has 0 aliphatic carbocycles. The van der Waals surface area contributed by atoms with Crippen molar-refractivity contribution in [2.45, 2.75) is 23.9 Å². The number of thioether (sulfide) groups is 1. The second kappa shape index (κ2) is 8.65. The van der Waals surface area contributed by atoms with E-state index in [-0.39, 0.29) is 5.91 Å². The van der Waals surface area contributed by atoms with Gasteiger partial charge in [-0.2, -0.15) is 0 Å². The lowest BCUT2D eigenvalue weighted by molar-refractivity contribution is -0.120. The Morgan fingerprint density at radius 2 is 1.89 bits per heavy atom. The number of nitrogens with zero attached hydrogens (tertiary/aromatic N) is 3. The van der Waals surface area contributed by atoms with Crippen LogP contribution in [0.2, 0.25) is 10.0 Å². The maximum absolute atomic E-state index is 12.4. The lowest BCUT2D eigenvalue weighted by Crippen LogP contribution is -2.31. The second-order valence-electron chi connectivity index (χ2n) is 5.75. The van der Waals surface area contributed by atoms with E-state index < -0.39 is 5.25 Å². The van der Waals surface area contributed by atoms with Crippen LogP contribution in [0.3, 0.4) is 0 Å². The number of nitrogens with one attached hydrogen (secondary N) is 1. The van der Waals surface area contributed by atoms with Gasteiger partial charge in [0.2, 0.25) is 11.1 Å². The summed E-state index contributed by atoms with van der Waals surface area (Å²) in [5, 5.41) is 12.3. The van der Waals surface area contributed by atoms with E-state index in [1.165, 1.54) is 16.4 Å². The largest absolute Gasteiger partial charge is 0.351 e. The highest BCUT2D eigenvalue weighted by Gasteiger charge is 2.20. The highest BCUT2D eigenvalue weighted by atomic mass is 35.5. The van der Waals surface area contributed by atoms with Crippen molar-refractivity contribution >= 4 is 40.9 Å². The summed E-state index contributed by atoms with van der Waals surface area (Å²) >= 11 is 13.2. The number of hydrogen-bond donors (Lipinski definition) is 2. The van der Waals surface area contributed by atoms with E-state index in [2.05, 4.69) is 15.5 Å². The molecule has 3 aromatic rings. The summed E-state index contributed by atoms with van der Waals surface area (Å²) in [7, 11) is 0. The van der Waals surface area contributed by atoms with Crippen molar-refractivity contribution in [3.05, 3.63) is 64.1 Å². The smallest absolute Gasteiger partial charge is 0.233 e. The Bertz CT molecular complexity index is 945. The SMILES string of the molecule is CC(Sc1nnc(-c2ccc(Cl)cc2)n1N)C(=O)NCc1ccccc1Cl. The Morgan fingerprint density at radius 3 is 2.59 bits per heavy atom. The standard InChI is InChI=1S/C18H17Cl2N5OS/c1-11(17(26)22-10-13-4-2-3-5-15(13)20)27-18-24-23-16(25(18)21)12-6-8-14(19)9-7-12/h2-9,11H,10,21H2,1H3,(H,22,26). The Balaban J connectivity index is 1.64. The molecule has 1 aromatic heterocycles. The van der Waals surface area contributed by atoms with Gasteiger partial charge in [-0.25, -0.2) is 4.68 Å². The van der Waals surface area contributed by atoms with Crippen LogP contribution in [0.4, 0.5) is 0 Å². The van der Waals surface area contributed by atoms with Crippen molar-refractivity contribution in [2.75, 3.05) is 5.84 Å². The topological polar surface area (TPSA) is 85.8 Å². The minimum Gasteiger partial charge on any atom is -0.351 e. The van der Waals surface area contributed by atoms with E-state index in [0.717, 1.165) is 11.1 Å². The van der Waals surface area contributed by atoms with Gasteiger partial charge in [0.25, 0.3) is 0 Å². The molecule has 27 heavy (non-hydrogen) atoms. The first-order valence-corrected chi connectivity index (χ1v) is 9.73. The predicted molar refractivity (Wildman–Crippen MR) is 109 cm³/mol. The zero-order valence-electron chi connectivity index (χ0n) is 14.4. The highest BCUT2D eigenvalue weighted by molar-refractivity contribution is 8.00. The van der Waals surface area contributed by atoms with Gasteiger partial charge in [0.1, 0.15) is 0 Å². The molecule has 0 radical (unpaired) electrons. The quantitative estimate of drug-likeness (QED) is 0.467. The molecule has 0 aliphatic rings. The Morgan fingerprint density at radius 1 is 1.19 bits per heavy atom. The summed E-state index contributed by atoms with van der Waals surface area (Å²) in [6, 6.07) is 14.5. The number of carbonyl (C=O) groups excluding carboxylic acids is 1. The Labute approximate surface area is 171 Å². The number of nitrogens with two attached hydrogens (primary N) is 1. The molecular formula is C18H17Cl2N5OS. The van der Waals surface area contributed by atoms with Crippen LogP contribution in [0.5, 0.6) is 0 Å². The first-order valence-electron chi connectivity index (χ1n) is 8.10. The second-order valence-corrected chi connectivity index (χ2v) is 7.90.